The minimum Gasteiger partial charge on any atom is -0.394 e. The number of amides is 2. The fourth-order valence-electron chi connectivity index (χ4n) is 1.20. The van der Waals surface area contributed by atoms with E-state index in [0.29, 0.717) is 6.42 Å². The highest BCUT2D eigenvalue weighted by molar-refractivity contribution is 5.81. The summed E-state index contributed by atoms with van der Waals surface area (Å²) in [5.74, 6) is 0. The number of hydrazone groups is 1. The van der Waals surface area contributed by atoms with E-state index in [4.69, 9.17) is 5.11 Å². The van der Waals surface area contributed by atoms with Gasteiger partial charge in [-0.25, -0.2) is 10.2 Å². The van der Waals surface area contributed by atoms with Gasteiger partial charge in [0, 0.05) is 0 Å². The van der Waals surface area contributed by atoms with E-state index in [-0.39, 0.29) is 12.6 Å². The normalized spacial score (nSPS) is 12.4. The highest BCUT2D eigenvalue weighted by Gasteiger charge is 2.07. The van der Waals surface area contributed by atoms with E-state index in [9.17, 15) is 4.79 Å². The number of aliphatic hydroxyl groups excluding tert-OH is 1. The van der Waals surface area contributed by atoms with Gasteiger partial charge >= 0.3 is 6.03 Å². The Hall–Kier alpha value is -1.88. The van der Waals surface area contributed by atoms with Crippen LogP contribution < -0.4 is 10.7 Å². The molecule has 5 nitrogen and oxygen atoms in total. The largest absolute Gasteiger partial charge is 0.394 e. The molecular formula is C12H17N3O2. The molecule has 0 saturated heterocycles. The van der Waals surface area contributed by atoms with Crippen LogP contribution in [0.3, 0.4) is 0 Å². The number of rotatable bonds is 5. The van der Waals surface area contributed by atoms with Gasteiger partial charge in [0.2, 0.25) is 0 Å². The average molecular weight is 235 g/mol. The number of hydrogen-bond donors (Lipinski definition) is 3. The molecule has 0 heterocycles. The third-order valence-electron chi connectivity index (χ3n) is 2.23. The van der Waals surface area contributed by atoms with Crippen LogP contribution in [0.5, 0.6) is 0 Å². The Morgan fingerprint density at radius 2 is 2.18 bits per heavy atom. The molecule has 0 aliphatic heterocycles. The molecule has 0 saturated carbocycles. The van der Waals surface area contributed by atoms with Crippen molar-refractivity contribution >= 4 is 12.2 Å². The number of urea groups is 1. The zero-order valence-electron chi connectivity index (χ0n) is 9.76. The van der Waals surface area contributed by atoms with E-state index < -0.39 is 6.03 Å². The van der Waals surface area contributed by atoms with Crippen LogP contribution in [0, 0.1) is 0 Å². The molecule has 1 rings (SSSR count). The SMILES string of the molecule is CCC(CO)NC(=O)N/N=C\c1ccccc1. The minimum absolute atomic E-state index is 0.0771. The summed E-state index contributed by atoms with van der Waals surface area (Å²) >= 11 is 0. The molecule has 2 amide bonds. The van der Waals surface area contributed by atoms with Crippen LogP contribution in [0.4, 0.5) is 4.79 Å². The molecule has 17 heavy (non-hydrogen) atoms. The molecule has 1 aromatic rings. The maximum Gasteiger partial charge on any atom is 0.335 e. The van der Waals surface area contributed by atoms with Gasteiger partial charge in [-0.2, -0.15) is 5.10 Å². The molecule has 1 unspecified atom stereocenters. The molecule has 1 aromatic carbocycles. The van der Waals surface area contributed by atoms with Crippen molar-refractivity contribution < 1.29 is 9.90 Å². The second-order valence-electron chi connectivity index (χ2n) is 3.54. The molecule has 0 bridgehead atoms. The Labute approximate surface area is 101 Å². The van der Waals surface area contributed by atoms with Crippen molar-refractivity contribution in [1.29, 1.82) is 0 Å². The van der Waals surface area contributed by atoms with Crippen molar-refractivity contribution in [2.45, 2.75) is 19.4 Å². The zero-order chi connectivity index (χ0) is 12.5. The van der Waals surface area contributed by atoms with Crippen molar-refractivity contribution in [3.63, 3.8) is 0 Å². The maximum absolute atomic E-state index is 11.3. The van der Waals surface area contributed by atoms with Crippen molar-refractivity contribution in [2.75, 3.05) is 6.61 Å². The highest BCUT2D eigenvalue weighted by Crippen LogP contribution is 1.93. The average Bonchev–Trinajstić information content (AvgIpc) is 2.37. The number of aliphatic hydroxyl groups is 1. The van der Waals surface area contributed by atoms with Gasteiger partial charge in [-0.3, -0.25) is 0 Å². The molecular weight excluding hydrogens is 218 g/mol. The Morgan fingerprint density at radius 3 is 2.76 bits per heavy atom. The lowest BCUT2D eigenvalue weighted by atomic mass is 10.2. The summed E-state index contributed by atoms with van der Waals surface area (Å²) in [6.07, 6.45) is 2.23. The molecule has 92 valence electrons. The smallest absolute Gasteiger partial charge is 0.335 e. The lowest BCUT2D eigenvalue weighted by molar-refractivity contribution is 0.215. The minimum atomic E-state index is -0.418. The highest BCUT2D eigenvalue weighted by atomic mass is 16.3. The van der Waals surface area contributed by atoms with E-state index in [2.05, 4.69) is 15.8 Å². The maximum atomic E-state index is 11.3. The quantitative estimate of drug-likeness (QED) is 0.528. The van der Waals surface area contributed by atoms with Crippen LogP contribution in [0.15, 0.2) is 35.4 Å². The first-order chi connectivity index (χ1) is 8.26. The van der Waals surface area contributed by atoms with Gasteiger partial charge in [-0.1, -0.05) is 37.3 Å². The molecule has 1 atom stereocenters. The number of hydrogen-bond acceptors (Lipinski definition) is 3. The van der Waals surface area contributed by atoms with Crippen molar-refractivity contribution in [3.05, 3.63) is 35.9 Å². The van der Waals surface area contributed by atoms with Crippen LogP contribution >= 0.6 is 0 Å². The Bertz CT molecular complexity index is 361. The topological polar surface area (TPSA) is 73.7 Å². The summed E-state index contributed by atoms with van der Waals surface area (Å²) in [4.78, 5) is 11.3. The number of nitrogens with one attached hydrogen (secondary N) is 2. The van der Waals surface area contributed by atoms with Gasteiger partial charge in [0.1, 0.15) is 0 Å². The predicted molar refractivity (Wildman–Crippen MR) is 66.9 cm³/mol. The van der Waals surface area contributed by atoms with Crippen molar-refractivity contribution in [2.24, 2.45) is 5.10 Å². The first-order valence-corrected chi connectivity index (χ1v) is 5.51. The lowest BCUT2D eigenvalue weighted by Crippen LogP contribution is -2.41. The van der Waals surface area contributed by atoms with E-state index in [1.807, 2.05) is 37.3 Å². The molecule has 0 fully saturated rings. The number of carbonyl (C=O) groups excluding carboxylic acids is 1. The van der Waals surface area contributed by atoms with Gasteiger partial charge < -0.3 is 10.4 Å². The van der Waals surface area contributed by atoms with Gasteiger partial charge in [0.25, 0.3) is 0 Å². The van der Waals surface area contributed by atoms with Crippen molar-refractivity contribution in [1.82, 2.24) is 10.7 Å². The van der Waals surface area contributed by atoms with Crippen LogP contribution in [-0.4, -0.2) is 30.0 Å². The molecule has 0 aliphatic rings. The summed E-state index contributed by atoms with van der Waals surface area (Å²) in [7, 11) is 0. The first-order valence-electron chi connectivity index (χ1n) is 5.51. The number of benzene rings is 1. The van der Waals surface area contributed by atoms with E-state index in [1.165, 1.54) is 0 Å². The monoisotopic (exact) mass is 235 g/mol. The fraction of sp³-hybridized carbons (Fsp3) is 0.333. The van der Waals surface area contributed by atoms with Crippen LogP contribution in [-0.2, 0) is 0 Å². The Kier molecular flexibility index (Phi) is 5.74. The van der Waals surface area contributed by atoms with Gasteiger partial charge in [-0.05, 0) is 12.0 Å². The molecule has 0 aromatic heterocycles. The summed E-state index contributed by atoms with van der Waals surface area (Å²) < 4.78 is 0. The van der Waals surface area contributed by atoms with Crippen LogP contribution in [0.25, 0.3) is 0 Å². The molecule has 5 heteroatoms. The van der Waals surface area contributed by atoms with Crippen LogP contribution in [0.1, 0.15) is 18.9 Å². The molecule has 0 spiro atoms. The van der Waals surface area contributed by atoms with Gasteiger partial charge in [-0.15, -0.1) is 0 Å². The standard InChI is InChI=1S/C12H17N3O2/c1-2-11(9-16)14-12(17)15-13-8-10-6-4-3-5-7-10/h3-8,11,16H,2,9H2,1H3,(H2,14,15,17)/b13-8-. The predicted octanol–water partition coefficient (Wildman–Crippen LogP) is 1.09. The molecule has 0 radical (unpaired) electrons. The summed E-state index contributed by atoms with van der Waals surface area (Å²) in [6.45, 7) is 1.81. The summed E-state index contributed by atoms with van der Waals surface area (Å²) in [5, 5.41) is 15.3. The van der Waals surface area contributed by atoms with E-state index >= 15 is 0 Å². The number of nitrogens with zero attached hydrogens (tertiary/aromatic N) is 1. The third kappa shape index (κ3) is 5.12. The second kappa shape index (κ2) is 7.40. The van der Waals surface area contributed by atoms with E-state index in [1.54, 1.807) is 6.21 Å². The molecule has 3 N–H and O–H groups in total. The van der Waals surface area contributed by atoms with Crippen LogP contribution in [0.2, 0.25) is 0 Å². The summed E-state index contributed by atoms with van der Waals surface area (Å²) in [6, 6.07) is 8.79. The second-order valence-corrected chi connectivity index (χ2v) is 3.54. The first kappa shape index (κ1) is 13.2. The van der Waals surface area contributed by atoms with E-state index in [0.717, 1.165) is 5.56 Å². The third-order valence-corrected chi connectivity index (χ3v) is 2.23. The number of carbonyl (C=O) groups is 1. The molecule has 0 aliphatic carbocycles. The van der Waals surface area contributed by atoms with Gasteiger partial charge in [0.05, 0.1) is 18.9 Å². The lowest BCUT2D eigenvalue weighted by Gasteiger charge is -2.12. The fourth-order valence-corrected chi connectivity index (χ4v) is 1.20. The Balaban J connectivity index is 2.35. The zero-order valence-corrected chi connectivity index (χ0v) is 9.76. The van der Waals surface area contributed by atoms with Crippen molar-refractivity contribution in [3.8, 4) is 0 Å². The Morgan fingerprint density at radius 1 is 1.47 bits per heavy atom. The summed E-state index contributed by atoms with van der Waals surface area (Å²) in [5.41, 5.74) is 3.24. The van der Waals surface area contributed by atoms with Gasteiger partial charge in [0.15, 0.2) is 0 Å².